The van der Waals surface area contributed by atoms with Crippen molar-refractivity contribution in [3.8, 4) is 5.75 Å². The van der Waals surface area contributed by atoms with E-state index in [1.807, 2.05) is 13.8 Å². The van der Waals surface area contributed by atoms with Crippen molar-refractivity contribution in [1.82, 2.24) is 4.31 Å². The molecule has 0 fully saturated rings. The maximum atomic E-state index is 12.7. The van der Waals surface area contributed by atoms with E-state index in [9.17, 15) is 8.42 Å². The maximum Gasteiger partial charge on any atom is 0.304 e. The Morgan fingerprint density at radius 3 is 2.14 bits per heavy atom. The van der Waals surface area contributed by atoms with Crippen LogP contribution >= 0.6 is 0 Å². The molecule has 0 saturated heterocycles. The van der Waals surface area contributed by atoms with Gasteiger partial charge in [-0.3, -0.25) is 4.31 Å². The van der Waals surface area contributed by atoms with E-state index in [0.717, 1.165) is 0 Å². The van der Waals surface area contributed by atoms with Crippen LogP contribution in [0.5, 0.6) is 5.75 Å². The SMILES string of the molecule is CCN(CC)S(=O)(=O)N(CCCN)c1ccc(OC)cc1. The average molecular weight is 315 g/mol. The van der Waals surface area contributed by atoms with Crippen molar-refractivity contribution in [3.63, 3.8) is 0 Å². The fourth-order valence-electron chi connectivity index (χ4n) is 2.05. The number of rotatable bonds is 9. The third-order valence-corrected chi connectivity index (χ3v) is 5.36. The van der Waals surface area contributed by atoms with E-state index >= 15 is 0 Å². The van der Waals surface area contributed by atoms with Crippen LogP contribution in [0.3, 0.4) is 0 Å². The standard InChI is InChI=1S/C14H25N3O3S/c1-4-16(5-2)21(18,19)17(12-6-11-15)13-7-9-14(20-3)10-8-13/h7-10H,4-6,11-12,15H2,1-3H3. The first-order chi connectivity index (χ1) is 10.0. The lowest BCUT2D eigenvalue weighted by molar-refractivity contribution is 0.414. The Kier molecular flexibility index (Phi) is 6.94. The van der Waals surface area contributed by atoms with Crippen LogP contribution in [0.25, 0.3) is 0 Å². The summed E-state index contributed by atoms with van der Waals surface area (Å²) < 4.78 is 33.4. The molecule has 0 aliphatic carbocycles. The van der Waals surface area contributed by atoms with Gasteiger partial charge in [-0.2, -0.15) is 12.7 Å². The number of ether oxygens (including phenoxy) is 1. The van der Waals surface area contributed by atoms with Gasteiger partial charge in [0.1, 0.15) is 5.75 Å². The van der Waals surface area contributed by atoms with Crippen molar-refractivity contribution in [3.05, 3.63) is 24.3 Å². The molecule has 0 amide bonds. The van der Waals surface area contributed by atoms with Crippen molar-refractivity contribution >= 4 is 15.9 Å². The van der Waals surface area contributed by atoms with Crippen LogP contribution in [0.4, 0.5) is 5.69 Å². The monoisotopic (exact) mass is 315 g/mol. The Balaban J connectivity index is 3.14. The lowest BCUT2D eigenvalue weighted by Gasteiger charge is -2.30. The third-order valence-electron chi connectivity index (χ3n) is 3.24. The Bertz CT molecular complexity index is 513. The first kappa shape index (κ1) is 17.7. The molecule has 0 unspecified atom stereocenters. The van der Waals surface area contributed by atoms with E-state index in [-0.39, 0.29) is 0 Å². The summed E-state index contributed by atoms with van der Waals surface area (Å²) in [6.45, 7) is 5.34. The van der Waals surface area contributed by atoms with Gasteiger partial charge in [-0.25, -0.2) is 0 Å². The molecule has 1 aromatic carbocycles. The molecule has 1 rings (SSSR count). The minimum Gasteiger partial charge on any atom is -0.497 e. The van der Waals surface area contributed by atoms with E-state index in [1.165, 1.54) is 8.61 Å². The molecule has 0 radical (unpaired) electrons. The first-order valence-electron chi connectivity index (χ1n) is 7.13. The summed E-state index contributed by atoms with van der Waals surface area (Å²) in [4.78, 5) is 0. The van der Waals surface area contributed by atoms with Crippen LogP contribution in [0.15, 0.2) is 24.3 Å². The number of hydrogen-bond acceptors (Lipinski definition) is 4. The van der Waals surface area contributed by atoms with Gasteiger partial charge in [0.2, 0.25) is 0 Å². The molecule has 0 heterocycles. The highest BCUT2D eigenvalue weighted by molar-refractivity contribution is 7.90. The van der Waals surface area contributed by atoms with Gasteiger partial charge in [-0.15, -0.1) is 0 Å². The summed E-state index contributed by atoms with van der Waals surface area (Å²) in [5.41, 5.74) is 6.15. The van der Waals surface area contributed by atoms with Crippen LogP contribution in [-0.2, 0) is 10.2 Å². The minimum absolute atomic E-state index is 0.363. The van der Waals surface area contributed by atoms with Gasteiger partial charge >= 0.3 is 10.2 Å². The number of nitrogens with zero attached hydrogens (tertiary/aromatic N) is 2. The topological polar surface area (TPSA) is 75.9 Å². The summed E-state index contributed by atoms with van der Waals surface area (Å²) in [7, 11) is -1.96. The van der Waals surface area contributed by atoms with Gasteiger partial charge in [-0.05, 0) is 37.2 Å². The highest BCUT2D eigenvalue weighted by Crippen LogP contribution is 2.23. The van der Waals surface area contributed by atoms with Gasteiger partial charge in [0.05, 0.1) is 12.8 Å². The summed E-state index contributed by atoms with van der Waals surface area (Å²) in [6.07, 6.45) is 0.604. The molecule has 21 heavy (non-hydrogen) atoms. The van der Waals surface area contributed by atoms with Crippen molar-refractivity contribution in [1.29, 1.82) is 0 Å². The number of benzene rings is 1. The van der Waals surface area contributed by atoms with Gasteiger partial charge in [-0.1, -0.05) is 13.8 Å². The quantitative estimate of drug-likeness (QED) is 0.748. The Morgan fingerprint density at radius 1 is 1.14 bits per heavy atom. The van der Waals surface area contributed by atoms with Crippen LogP contribution in [0.1, 0.15) is 20.3 Å². The van der Waals surface area contributed by atoms with Crippen LogP contribution in [0.2, 0.25) is 0 Å². The molecule has 0 saturated carbocycles. The number of methoxy groups -OCH3 is 1. The van der Waals surface area contributed by atoms with Gasteiger partial charge in [0.15, 0.2) is 0 Å². The van der Waals surface area contributed by atoms with E-state index in [4.69, 9.17) is 10.5 Å². The third kappa shape index (κ3) is 4.33. The first-order valence-corrected chi connectivity index (χ1v) is 8.52. The van der Waals surface area contributed by atoms with Gasteiger partial charge < -0.3 is 10.5 Å². The second kappa shape index (κ2) is 8.21. The molecule has 0 bridgehead atoms. The van der Waals surface area contributed by atoms with Crippen molar-refractivity contribution in [2.24, 2.45) is 5.73 Å². The minimum atomic E-state index is -3.54. The van der Waals surface area contributed by atoms with E-state index < -0.39 is 10.2 Å². The molecular weight excluding hydrogens is 290 g/mol. The second-order valence-electron chi connectivity index (χ2n) is 4.50. The van der Waals surface area contributed by atoms with Crippen molar-refractivity contribution in [2.75, 3.05) is 37.6 Å². The zero-order valence-corrected chi connectivity index (χ0v) is 13.8. The largest absolute Gasteiger partial charge is 0.497 e. The van der Waals surface area contributed by atoms with Crippen molar-refractivity contribution in [2.45, 2.75) is 20.3 Å². The lowest BCUT2D eigenvalue weighted by atomic mass is 10.3. The summed E-state index contributed by atoms with van der Waals surface area (Å²) in [5.74, 6) is 0.692. The molecular formula is C14H25N3O3S. The molecule has 2 N–H and O–H groups in total. The molecule has 0 atom stereocenters. The predicted molar refractivity (Wildman–Crippen MR) is 85.9 cm³/mol. The average Bonchev–Trinajstić information content (AvgIpc) is 2.49. The molecule has 0 aromatic heterocycles. The lowest BCUT2D eigenvalue weighted by Crippen LogP contribution is -2.44. The number of nitrogens with two attached hydrogens (primary N) is 1. The zero-order valence-electron chi connectivity index (χ0n) is 12.9. The highest BCUT2D eigenvalue weighted by Gasteiger charge is 2.27. The smallest absolute Gasteiger partial charge is 0.304 e. The second-order valence-corrected chi connectivity index (χ2v) is 6.36. The fraction of sp³-hybridized carbons (Fsp3) is 0.571. The molecule has 6 nitrogen and oxygen atoms in total. The summed E-state index contributed by atoms with van der Waals surface area (Å²) >= 11 is 0. The van der Waals surface area contributed by atoms with Gasteiger partial charge in [0, 0.05) is 19.6 Å². The molecule has 7 heteroatoms. The van der Waals surface area contributed by atoms with Crippen LogP contribution in [0, 0.1) is 0 Å². The van der Waals surface area contributed by atoms with Crippen LogP contribution in [-0.4, -0.2) is 46.0 Å². The van der Waals surface area contributed by atoms with Gasteiger partial charge in [0.25, 0.3) is 0 Å². The van der Waals surface area contributed by atoms with E-state index in [2.05, 4.69) is 0 Å². The maximum absolute atomic E-state index is 12.7. The Morgan fingerprint density at radius 2 is 1.71 bits per heavy atom. The van der Waals surface area contributed by atoms with E-state index in [0.29, 0.717) is 44.0 Å². The van der Waals surface area contributed by atoms with E-state index in [1.54, 1.807) is 31.4 Å². The number of hydrogen-bond donors (Lipinski definition) is 1. The summed E-state index contributed by atoms with van der Waals surface area (Å²) in [6, 6.07) is 7.00. The normalized spacial score (nSPS) is 11.7. The number of anilines is 1. The molecule has 1 aromatic rings. The Labute approximate surface area is 127 Å². The Hall–Kier alpha value is -1.31. The molecule has 0 spiro atoms. The predicted octanol–water partition coefficient (Wildman–Crippen LogP) is 1.44. The molecule has 0 aliphatic rings. The molecule has 0 aliphatic heterocycles. The summed E-state index contributed by atoms with van der Waals surface area (Å²) in [5, 5.41) is 0. The highest BCUT2D eigenvalue weighted by atomic mass is 32.2. The van der Waals surface area contributed by atoms with Crippen LogP contribution < -0.4 is 14.8 Å². The zero-order chi connectivity index (χ0) is 15.9. The molecule has 120 valence electrons. The fourth-order valence-corrected chi connectivity index (χ4v) is 3.73. The van der Waals surface area contributed by atoms with Crippen molar-refractivity contribution < 1.29 is 13.2 Å².